The Morgan fingerprint density at radius 2 is 1.37 bits per heavy atom. The average Bonchev–Trinajstić information content (AvgIpc) is 2.99. The minimum absolute atomic E-state index is 0.119. The summed E-state index contributed by atoms with van der Waals surface area (Å²) >= 11 is 0. The standard InChI is InChI=1S/C36H55NO5Si/c1-6-7-8-9-10-11-12-13-16-21-32(30-37(39)40)31(26-27-35(38)41-5)28-29-42-43(36(2,3)4,33-22-17-14-18-23-33)34-24-19-15-20-25-34/h14-15,17-20,22-27,31-32H,6-13,16,21,28-30H2,1-5H3/b27-26+/t31-,32+/m0/s1. The molecular weight excluding hydrogens is 554 g/mol. The van der Waals surface area contributed by atoms with Crippen molar-refractivity contribution in [2.24, 2.45) is 11.8 Å². The highest BCUT2D eigenvalue weighted by Gasteiger charge is 2.50. The van der Waals surface area contributed by atoms with Crippen molar-refractivity contribution in [2.75, 3.05) is 20.3 Å². The van der Waals surface area contributed by atoms with Crippen molar-refractivity contribution in [1.82, 2.24) is 0 Å². The summed E-state index contributed by atoms with van der Waals surface area (Å²) < 4.78 is 12.0. The van der Waals surface area contributed by atoms with Gasteiger partial charge in [0.25, 0.3) is 8.32 Å². The van der Waals surface area contributed by atoms with Gasteiger partial charge >= 0.3 is 5.97 Å². The molecule has 0 aliphatic carbocycles. The molecule has 0 spiro atoms. The van der Waals surface area contributed by atoms with Crippen LogP contribution in [-0.4, -0.2) is 39.5 Å². The first kappa shape index (κ1) is 36.4. The molecule has 0 aliphatic rings. The molecule has 0 fully saturated rings. The number of rotatable bonds is 21. The Balaban J connectivity index is 2.23. The number of nitro groups is 1. The molecule has 2 atom stereocenters. The van der Waals surface area contributed by atoms with E-state index >= 15 is 0 Å². The SMILES string of the molecule is CCCCCCCCCCC[C@H](C[N+](=O)[O-])[C@@H](/C=C/C(=O)OC)CCO[Si](c1ccccc1)(c1ccccc1)C(C)(C)C. The molecule has 7 heteroatoms. The highest BCUT2D eigenvalue weighted by atomic mass is 28.4. The molecule has 0 radical (unpaired) electrons. The molecule has 0 heterocycles. The van der Waals surface area contributed by atoms with Crippen LogP contribution in [0.5, 0.6) is 0 Å². The van der Waals surface area contributed by atoms with Crippen LogP contribution in [0.25, 0.3) is 0 Å². The maximum absolute atomic E-state index is 12.1. The van der Waals surface area contributed by atoms with Crippen LogP contribution < -0.4 is 10.4 Å². The molecule has 238 valence electrons. The van der Waals surface area contributed by atoms with Crippen molar-refractivity contribution in [3.05, 3.63) is 82.9 Å². The van der Waals surface area contributed by atoms with Crippen molar-refractivity contribution < 1.29 is 18.9 Å². The van der Waals surface area contributed by atoms with E-state index in [4.69, 9.17) is 9.16 Å². The van der Waals surface area contributed by atoms with E-state index in [1.54, 1.807) is 0 Å². The fraction of sp³-hybridized carbons (Fsp3) is 0.583. The minimum Gasteiger partial charge on any atom is -0.466 e. The van der Waals surface area contributed by atoms with Gasteiger partial charge in [0.05, 0.1) is 7.11 Å². The molecule has 0 N–H and O–H groups in total. The van der Waals surface area contributed by atoms with E-state index in [-0.39, 0.29) is 28.3 Å². The summed E-state index contributed by atoms with van der Waals surface area (Å²) in [5.74, 6) is -0.791. The van der Waals surface area contributed by atoms with Crippen LogP contribution in [0.4, 0.5) is 0 Å². The molecule has 0 saturated carbocycles. The quantitative estimate of drug-likeness (QED) is 0.0357. The lowest BCUT2D eigenvalue weighted by atomic mass is 9.85. The first-order valence-corrected chi connectivity index (χ1v) is 18.2. The highest BCUT2D eigenvalue weighted by molar-refractivity contribution is 6.99. The smallest absolute Gasteiger partial charge is 0.330 e. The van der Waals surface area contributed by atoms with E-state index < -0.39 is 14.3 Å². The normalized spacial score (nSPS) is 13.6. The Labute approximate surface area is 261 Å². The number of allylic oxidation sites excluding steroid dienone is 1. The molecule has 0 unspecified atom stereocenters. The van der Waals surface area contributed by atoms with E-state index in [0.29, 0.717) is 13.0 Å². The van der Waals surface area contributed by atoms with Gasteiger partial charge in [-0.1, -0.05) is 152 Å². The van der Waals surface area contributed by atoms with E-state index in [1.807, 2.05) is 18.2 Å². The van der Waals surface area contributed by atoms with Gasteiger partial charge in [-0.15, -0.1) is 0 Å². The fourth-order valence-electron chi connectivity index (χ4n) is 6.22. The minimum atomic E-state index is -2.74. The first-order valence-electron chi connectivity index (χ1n) is 16.3. The van der Waals surface area contributed by atoms with Gasteiger partial charge in [0, 0.05) is 23.5 Å². The maximum atomic E-state index is 12.1. The molecule has 2 aromatic rings. The molecule has 2 aromatic carbocycles. The van der Waals surface area contributed by atoms with Gasteiger partial charge in [-0.05, 0) is 34.2 Å². The molecule has 0 bridgehead atoms. The molecule has 0 saturated heterocycles. The zero-order valence-electron chi connectivity index (χ0n) is 27.3. The molecule has 0 aliphatic heterocycles. The molecule has 6 nitrogen and oxygen atoms in total. The van der Waals surface area contributed by atoms with Crippen molar-refractivity contribution in [1.29, 1.82) is 0 Å². The fourth-order valence-corrected chi connectivity index (χ4v) is 10.8. The van der Waals surface area contributed by atoms with Gasteiger partial charge in [0.1, 0.15) is 0 Å². The lowest BCUT2D eigenvalue weighted by Crippen LogP contribution is -2.66. The summed E-state index contributed by atoms with van der Waals surface area (Å²) in [6, 6.07) is 21.0. The predicted molar refractivity (Wildman–Crippen MR) is 180 cm³/mol. The Morgan fingerprint density at radius 3 is 1.84 bits per heavy atom. The third kappa shape index (κ3) is 12.0. The Bertz CT molecular complexity index is 1040. The number of ether oxygens (including phenoxy) is 1. The number of esters is 1. The van der Waals surface area contributed by atoms with Crippen LogP contribution in [0.15, 0.2) is 72.8 Å². The summed E-state index contributed by atoms with van der Waals surface area (Å²) in [5.41, 5.74) is 0. The molecule has 43 heavy (non-hydrogen) atoms. The Kier molecular flexibility index (Phi) is 16.5. The third-order valence-corrected chi connectivity index (χ3v) is 13.6. The zero-order valence-corrected chi connectivity index (χ0v) is 28.3. The molecular formula is C36H55NO5Si. The first-order chi connectivity index (χ1) is 20.7. The number of carbonyl (C=O) groups is 1. The average molecular weight is 610 g/mol. The van der Waals surface area contributed by atoms with Crippen LogP contribution in [0, 0.1) is 22.0 Å². The molecule has 0 amide bonds. The van der Waals surface area contributed by atoms with Crippen molar-refractivity contribution >= 4 is 24.7 Å². The number of methoxy groups -OCH3 is 1. The topological polar surface area (TPSA) is 78.7 Å². The van der Waals surface area contributed by atoms with Crippen molar-refractivity contribution in [3.63, 3.8) is 0 Å². The van der Waals surface area contributed by atoms with E-state index in [9.17, 15) is 14.9 Å². The van der Waals surface area contributed by atoms with Crippen LogP contribution in [-0.2, 0) is 14.0 Å². The van der Waals surface area contributed by atoms with Gasteiger partial charge in [-0.3, -0.25) is 10.1 Å². The van der Waals surface area contributed by atoms with Gasteiger partial charge in [-0.25, -0.2) is 4.79 Å². The summed E-state index contributed by atoms with van der Waals surface area (Å²) in [6.07, 6.45) is 15.4. The second-order valence-electron chi connectivity index (χ2n) is 12.7. The van der Waals surface area contributed by atoms with E-state index in [2.05, 4.69) is 76.2 Å². The number of unbranched alkanes of at least 4 members (excludes halogenated alkanes) is 8. The predicted octanol–water partition coefficient (Wildman–Crippen LogP) is 8.11. The van der Waals surface area contributed by atoms with Gasteiger partial charge in [-0.2, -0.15) is 0 Å². The maximum Gasteiger partial charge on any atom is 0.330 e. The van der Waals surface area contributed by atoms with Crippen LogP contribution >= 0.6 is 0 Å². The lowest BCUT2D eigenvalue weighted by molar-refractivity contribution is -0.489. The zero-order chi connectivity index (χ0) is 31.6. The lowest BCUT2D eigenvalue weighted by Gasteiger charge is -2.43. The van der Waals surface area contributed by atoms with Crippen molar-refractivity contribution in [3.8, 4) is 0 Å². The van der Waals surface area contributed by atoms with Crippen LogP contribution in [0.2, 0.25) is 5.04 Å². The van der Waals surface area contributed by atoms with Gasteiger partial charge in [0.2, 0.25) is 6.54 Å². The third-order valence-electron chi connectivity index (χ3n) is 8.53. The summed E-state index contributed by atoms with van der Waals surface area (Å²) in [4.78, 5) is 23.6. The van der Waals surface area contributed by atoms with Gasteiger partial charge in [0.15, 0.2) is 0 Å². The largest absolute Gasteiger partial charge is 0.466 e. The number of nitrogens with zero attached hydrogens (tertiary/aromatic N) is 1. The Morgan fingerprint density at radius 1 is 0.860 bits per heavy atom. The molecule has 2 rings (SSSR count). The summed E-state index contributed by atoms with van der Waals surface area (Å²) in [5, 5.41) is 14.0. The number of hydrogen-bond donors (Lipinski definition) is 0. The summed E-state index contributed by atoms with van der Waals surface area (Å²) in [6.45, 7) is 9.28. The second kappa shape index (κ2) is 19.5. The monoisotopic (exact) mass is 609 g/mol. The van der Waals surface area contributed by atoms with Crippen molar-refractivity contribution in [2.45, 2.75) is 103 Å². The number of benzene rings is 2. The second-order valence-corrected chi connectivity index (χ2v) is 17.0. The number of hydrogen-bond acceptors (Lipinski definition) is 5. The van der Waals surface area contributed by atoms with Gasteiger partial charge < -0.3 is 9.16 Å². The highest BCUT2D eigenvalue weighted by Crippen LogP contribution is 2.37. The van der Waals surface area contributed by atoms with Crippen LogP contribution in [0.3, 0.4) is 0 Å². The number of carbonyl (C=O) groups excluding carboxylic acids is 1. The Hall–Kier alpha value is -2.77. The van der Waals surface area contributed by atoms with Crippen LogP contribution in [0.1, 0.15) is 98.3 Å². The summed E-state index contributed by atoms with van der Waals surface area (Å²) in [7, 11) is -1.39. The van der Waals surface area contributed by atoms with E-state index in [0.717, 1.165) is 25.7 Å². The van der Waals surface area contributed by atoms with E-state index in [1.165, 1.54) is 62.1 Å². The molecule has 0 aromatic heterocycles.